The van der Waals surface area contributed by atoms with Crippen LogP contribution in [0.5, 0.6) is 0 Å². The molecule has 0 unspecified atom stereocenters. The third-order valence-corrected chi connectivity index (χ3v) is 2.91. The van der Waals surface area contributed by atoms with Crippen molar-refractivity contribution >= 4 is 16.8 Å². The summed E-state index contributed by atoms with van der Waals surface area (Å²) >= 11 is 0. The van der Waals surface area contributed by atoms with E-state index in [2.05, 4.69) is 9.97 Å². The van der Waals surface area contributed by atoms with E-state index in [1.165, 1.54) is 0 Å². The number of aryl methyl sites for hydroxylation is 2. The number of amides is 1. The quantitative estimate of drug-likeness (QED) is 0.827. The molecule has 0 atom stereocenters. The van der Waals surface area contributed by atoms with E-state index < -0.39 is 5.91 Å². The smallest absolute Gasteiger partial charge is 0.286 e. The predicted octanol–water partition coefficient (Wildman–Crippen LogP) is 1.62. The molecular weight excluding hydrogens is 242 g/mol. The van der Waals surface area contributed by atoms with Crippen LogP contribution in [0.2, 0.25) is 0 Å². The van der Waals surface area contributed by atoms with Gasteiger partial charge in [-0.2, -0.15) is 0 Å². The number of nitrogens with zero attached hydrogens (tertiary/aromatic N) is 2. The highest BCUT2D eigenvalue weighted by Gasteiger charge is 2.11. The number of carbonyl (C=O) groups is 1. The zero-order chi connectivity index (χ0) is 13.8. The number of hydrogen-bond donors (Lipinski definition) is 1. The molecule has 0 saturated carbocycles. The first kappa shape index (κ1) is 13.4. The summed E-state index contributed by atoms with van der Waals surface area (Å²) in [5.41, 5.74) is 8.00. The van der Waals surface area contributed by atoms with Gasteiger partial charge >= 0.3 is 0 Å². The molecule has 0 bridgehead atoms. The average Bonchev–Trinajstić information content (AvgIpc) is 2.39. The van der Waals surface area contributed by atoms with Gasteiger partial charge in [0.05, 0.1) is 11.2 Å². The van der Waals surface area contributed by atoms with Crippen LogP contribution in [0.15, 0.2) is 18.2 Å². The van der Waals surface area contributed by atoms with Crippen LogP contribution in [0, 0.1) is 6.92 Å². The molecule has 0 saturated heterocycles. The Kier molecular flexibility index (Phi) is 4.06. The van der Waals surface area contributed by atoms with E-state index in [4.69, 9.17) is 10.5 Å². The lowest BCUT2D eigenvalue weighted by atomic mass is 10.1. The number of fused-ring (bicyclic) bond motifs is 1. The zero-order valence-corrected chi connectivity index (χ0v) is 11.1. The van der Waals surface area contributed by atoms with Crippen molar-refractivity contribution in [2.75, 3.05) is 13.7 Å². The lowest BCUT2D eigenvalue weighted by Crippen LogP contribution is -2.16. The normalized spacial score (nSPS) is 10.8. The largest absolute Gasteiger partial charge is 0.385 e. The van der Waals surface area contributed by atoms with Gasteiger partial charge in [-0.1, -0.05) is 11.6 Å². The summed E-state index contributed by atoms with van der Waals surface area (Å²) in [6, 6.07) is 5.87. The molecule has 19 heavy (non-hydrogen) atoms. The minimum atomic E-state index is -0.601. The third kappa shape index (κ3) is 3.06. The number of nitrogens with two attached hydrogens (primary N) is 1. The Balaban J connectivity index is 2.49. The fourth-order valence-electron chi connectivity index (χ4n) is 1.99. The van der Waals surface area contributed by atoms with Crippen LogP contribution in [-0.2, 0) is 11.2 Å². The van der Waals surface area contributed by atoms with E-state index in [0.717, 1.165) is 35.0 Å². The van der Waals surface area contributed by atoms with Crippen molar-refractivity contribution in [2.45, 2.75) is 19.8 Å². The topological polar surface area (TPSA) is 78.1 Å². The molecule has 1 aromatic heterocycles. The zero-order valence-electron chi connectivity index (χ0n) is 11.1. The van der Waals surface area contributed by atoms with Crippen LogP contribution in [0.4, 0.5) is 0 Å². The Morgan fingerprint density at radius 1 is 1.37 bits per heavy atom. The van der Waals surface area contributed by atoms with E-state index in [-0.39, 0.29) is 5.82 Å². The molecule has 0 aliphatic rings. The Bertz CT molecular complexity index is 611. The second kappa shape index (κ2) is 5.75. The number of ether oxygens (including phenoxy) is 1. The Morgan fingerprint density at radius 3 is 2.84 bits per heavy atom. The highest BCUT2D eigenvalue weighted by Crippen LogP contribution is 2.19. The van der Waals surface area contributed by atoms with Crippen LogP contribution in [0.3, 0.4) is 0 Å². The summed E-state index contributed by atoms with van der Waals surface area (Å²) < 4.78 is 5.04. The van der Waals surface area contributed by atoms with Gasteiger partial charge in [0.2, 0.25) is 5.82 Å². The summed E-state index contributed by atoms with van der Waals surface area (Å²) in [6.07, 6.45) is 1.57. The van der Waals surface area contributed by atoms with Crippen molar-refractivity contribution in [2.24, 2.45) is 5.73 Å². The number of benzene rings is 1. The Labute approximate surface area is 111 Å². The number of carbonyl (C=O) groups excluding carboxylic acids is 1. The highest BCUT2D eigenvalue weighted by atomic mass is 16.5. The Morgan fingerprint density at radius 2 is 2.16 bits per heavy atom. The van der Waals surface area contributed by atoms with Crippen LogP contribution < -0.4 is 5.73 Å². The van der Waals surface area contributed by atoms with Gasteiger partial charge in [-0.05, 0) is 31.9 Å². The Hall–Kier alpha value is -2.01. The summed E-state index contributed by atoms with van der Waals surface area (Å²) in [6.45, 7) is 2.67. The second-order valence-electron chi connectivity index (χ2n) is 4.48. The maximum absolute atomic E-state index is 11.3. The lowest BCUT2D eigenvalue weighted by Gasteiger charge is -2.08. The third-order valence-electron chi connectivity index (χ3n) is 2.91. The number of aromatic nitrogens is 2. The molecule has 1 aromatic carbocycles. The van der Waals surface area contributed by atoms with Crippen LogP contribution in [0.25, 0.3) is 10.9 Å². The molecule has 0 spiro atoms. The molecule has 0 radical (unpaired) electrons. The molecular formula is C14H17N3O2. The van der Waals surface area contributed by atoms with Crippen molar-refractivity contribution in [3.8, 4) is 0 Å². The predicted molar refractivity (Wildman–Crippen MR) is 73.0 cm³/mol. The molecule has 100 valence electrons. The van der Waals surface area contributed by atoms with E-state index in [0.29, 0.717) is 6.61 Å². The molecule has 1 heterocycles. The van der Waals surface area contributed by atoms with Crippen molar-refractivity contribution in [1.82, 2.24) is 9.97 Å². The van der Waals surface area contributed by atoms with E-state index in [1.807, 2.05) is 25.1 Å². The summed E-state index contributed by atoms with van der Waals surface area (Å²) in [5.74, 6) is -0.528. The minimum Gasteiger partial charge on any atom is -0.385 e. The fraction of sp³-hybridized carbons (Fsp3) is 0.357. The maximum atomic E-state index is 11.3. The second-order valence-corrected chi connectivity index (χ2v) is 4.48. The molecule has 0 aliphatic carbocycles. The lowest BCUT2D eigenvalue weighted by molar-refractivity contribution is 0.0990. The van der Waals surface area contributed by atoms with Gasteiger partial charge in [0.1, 0.15) is 0 Å². The van der Waals surface area contributed by atoms with Gasteiger partial charge in [0, 0.05) is 19.1 Å². The van der Waals surface area contributed by atoms with Crippen molar-refractivity contribution in [3.63, 3.8) is 0 Å². The van der Waals surface area contributed by atoms with E-state index >= 15 is 0 Å². The first-order valence-corrected chi connectivity index (χ1v) is 6.18. The van der Waals surface area contributed by atoms with Gasteiger partial charge in [-0.15, -0.1) is 0 Å². The van der Waals surface area contributed by atoms with Gasteiger partial charge < -0.3 is 10.5 Å². The number of methoxy groups -OCH3 is 1. The molecule has 2 rings (SSSR count). The van der Waals surface area contributed by atoms with Crippen molar-refractivity contribution in [1.29, 1.82) is 0 Å². The number of primary amides is 1. The standard InChI is InChI=1S/C14H17N3O2/c1-9-5-6-12-10(8-9)11(4-3-7-19-2)16-14(17-12)13(15)18/h5-6,8H,3-4,7H2,1-2H3,(H2,15,18). The maximum Gasteiger partial charge on any atom is 0.286 e. The molecule has 5 nitrogen and oxygen atoms in total. The number of rotatable bonds is 5. The van der Waals surface area contributed by atoms with E-state index in [1.54, 1.807) is 7.11 Å². The van der Waals surface area contributed by atoms with Crippen LogP contribution >= 0.6 is 0 Å². The molecule has 1 amide bonds. The molecule has 5 heteroatoms. The van der Waals surface area contributed by atoms with Crippen molar-refractivity contribution in [3.05, 3.63) is 35.3 Å². The SMILES string of the molecule is COCCCc1nc(C(N)=O)nc2ccc(C)cc12. The van der Waals surface area contributed by atoms with Gasteiger partial charge in [0.15, 0.2) is 0 Å². The van der Waals surface area contributed by atoms with Crippen molar-refractivity contribution < 1.29 is 9.53 Å². The molecule has 2 N–H and O–H groups in total. The monoisotopic (exact) mass is 259 g/mol. The summed E-state index contributed by atoms with van der Waals surface area (Å²) in [5, 5.41) is 0.973. The highest BCUT2D eigenvalue weighted by molar-refractivity contribution is 5.92. The van der Waals surface area contributed by atoms with Crippen LogP contribution in [-0.4, -0.2) is 29.6 Å². The first-order chi connectivity index (χ1) is 9.11. The summed E-state index contributed by atoms with van der Waals surface area (Å²) in [7, 11) is 1.66. The van der Waals surface area contributed by atoms with Gasteiger partial charge in [-0.3, -0.25) is 4.79 Å². The van der Waals surface area contributed by atoms with Gasteiger partial charge in [-0.25, -0.2) is 9.97 Å². The molecule has 0 fully saturated rings. The van der Waals surface area contributed by atoms with Gasteiger partial charge in [0.25, 0.3) is 5.91 Å². The minimum absolute atomic E-state index is 0.0729. The number of hydrogen-bond acceptors (Lipinski definition) is 4. The summed E-state index contributed by atoms with van der Waals surface area (Å²) in [4.78, 5) is 19.7. The average molecular weight is 259 g/mol. The molecule has 2 aromatic rings. The first-order valence-electron chi connectivity index (χ1n) is 6.18. The van der Waals surface area contributed by atoms with Crippen LogP contribution in [0.1, 0.15) is 28.3 Å². The van der Waals surface area contributed by atoms with E-state index in [9.17, 15) is 4.79 Å². The fourth-order valence-corrected chi connectivity index (χ4v) is 1.99. The molecule has 0 aliphatic heterocycles.